The molecule has 2 atom stereocenters. The van der Waals surface area contributed by atoms with Gasteiger partial charge in [0.15, 0.2) is 0 Å². The summed E-state index contributed by atoms with van der Waals surface area (Å²) in [5, 5.41) is 8.86. The van der Waals surface area contributed by atoms with E-state index in [0.717, 1.165) is 47.7 Å². The van der Waals surface area contributed by atoms with Gasteiger partial charge < -0.3 is 4.74 Å². The van der Waals surface area contributed by atoms with E-state index in [9.17, 15) is 0 Å². The van der Waals surface area contributed by atoms with Crippen LogP contribution in [0.15, 0.2) is 48.5 Å². The molecule has 2 heteroatoms. The first-order valence-electron chi connectivity index (χ1n) is 9.57. The number of hydrogen-bond acceptors (Lipinski definition) is 2. The van der Waals surface area contributed by atoms with Gasteiger partial charge in [0.05, 0.1) is 18.2 Å². The molecular weight excluding hydrogens is 306 g/mol. The quantitative estimate of drug-likeness (QED) is 0.571. The van der Waals surface area contributed by atoms with Crippen molar-refractivity contribution >= 4 is 0 Å². The van der Waals surface area contributed by atoms with Crippen LogP contribution in [0.4, 0.5) is 0 Å². The van der Waals surface area contributed by atoms with Crippen molar-refractivity contribution in [2.75, 3.05) is 6.61 Å². The molecule has 0 bridgehead atoms. The van der Waals surface area contributed by atoms with Gasteiger partial charge in [0, 0.05) is 0 Å². The Morgan fingerprint density at radius 2 is 1.60 bits per heavy atom. The molecule has 0 aliphatic heterocycles. The van der Waals surface area contributed by atoms with Gasteiger partial charge in [0.2, 0.25) is 0 Å². The number of hydrogen-bond donors (Lipinski definition) is 0. The summed E-state index contributed by atoms with van der Waals surface area (Å²) in [6.45, 7) is 0.816. The second kappa shape index (κ2) is 7.31. The van der Waals surface area contributed by atoms with Crippen LogP contribution < -0.4 is 4.74 Å². The maximum absolute atomic E-state index is 8.86. The Morgan fingerprint density at radius 1 is 0.920 bits per heavy atom. The molecule has 25 heavy (non-hydrogen) atoms. The lowest BCUT2D eigenvalue weighted by atomic mass is 10.0. The van der Waals surface area contributed by atoms with Gasteiger partial charge in [0.25, 0.3) is 0 Å². The maximum atomic E-state index is 8.86. The van der Waals surface area contributed by atoms with E-state index in [1.54, 1.807) is 0 Å². The van der Waals surface area contributed by atoms with Gasteiger partial charge in [-0.3, -0.25) is 0 Å². The summed E-state index contributed by atoms with van der Waals surface area (Å²) >= 11 is 0. The normalized spacial score (nSPS) is 21.6. The van der Waals surface area contributed by atoms with E-state index in [-0.39, 0.29) is 0 Å². The summed E-state index contributed by atoms with van der Waals surface area (Å²) in [6, 6.07) is 18.1. The molecule has 2 aromatic rings. The molecule has 0 unspecified atom stereocenters. The van der Waals surface area contributed by atoms with E-state index in [0.29, 0.717) is 5.56 Å². The summed E-state index contributed by atoms with van der Waals surface area (Å²) in [5.41, 5.74) is 2.97. The lowest BCUT2D eigenvalue weighted by Crippen LogP contribution is -1.97. The number of ether oxygens (including phenoxy) is 1. The third-order valence-electron chi connectivity index (χ3n) is 5.64. The smallest absolute Gasteiger partial charge is 0.119 e. The van der Waals surface area contributed by atoms with Crippen LogP contribution in [-0.4, -0.2) is 6.61 Å². The van der Waals surface area contributed by atoms with Crippen LogP contribution in [0, 0.1) is 29.1 Å². The molecule has 0 spiro atoms. The summed E-state index contributed by atoms with van der Waals surface area (Å²) in [5.74, 6) is 4.19. The highest BCUT2D eigenvalue weighted by molar-refractivity contribution is 5.64. The minimum absolute atomic E-state index is 0.693. The van der Waals surface area contributed by atoms with E-state index >= 15 is 0 Å². The van der Waals surface area contributed by atoms with Crippen molar-refractivity contribution in [2.45, 2.75) is 38.5 Å². The molecule has 2 fully saturated rings. The predicted molar refractivity (Wildman–Crippen MR) is 100 cm³/mol. The fraction of sp³-hybridized carbons (Fsp3) is 0.435. The summed E-state index contributed by atoms with van der Waals surface area (Å²) in [4.78, 5) is 0. The van der Waals surface area contributed by atoms with Gasteiger partial charge in [-0.05, 0) is 85.3 Å². The molecule has 2 nitrogen and oxygen atoms in total. The molecule has 0 heterocycles. The van der Waals surface area contributed by atoms with Crippen molar-refractivity contribution in [1.82, 2.24) is 0 Å². The largest absolute Gasteiger partial charge is 0.494 e. The topological polar surface area (TPSA) is 33.0 Å². The molecule has 0 amide bonds. The zero-order valence-electron chi connectivity index (χ0n) is 14.7. The maximum Gasteiger partial charge on any atom is 0.119 e. The van der Waals surface area contributed by atoms with Crippen LogP contribution in [0.2, 0.25) is 0 Å². The van der Waals surface area contributed by atoms with Gasteiger partial charge in [0.1, 0.15) is 5.75 Å². The van der Waals surface area contributed by atoms with Crippen molar-refractivity contribution in [2.24, 2.45) is 17.8 Å². The number of nitrogens with zero attached hydrogens (tertiary/aromatic N) is 1. The Hall–Kier alpha value is -2.27. The van der Waals surface area contributed by atoms with Gasteiger partial charge in [-0.25, -0.2) is 0 Å². The van der Waals surface area contributed by atoms with Crippen molar-refractivity contribution in [1.29, 1.82) is 5.26 Å². The fourth-order valence-electron chi connectivity index (χ4n) is 3.88. The second-order valence-electron chi connectivity index (χ2n) is 7.55. The SMILES string of the molecule is N#Cc1ccc(-c2ccc(OCCCC[C@@H]3C[C@@H]3C3CC3)cc2)cc1. The number of benzene rings is 2. The molecule has 2 aliphatic carbocycles. The Balaban J connectivity index is 1.19. The standard InChI is InChI=1S/C23H25NO/c24-16-17-4-6-18(7-5-17)19-10-12-22(13-11-19)25-14-2-1-3-21-15-23(21)20-8-9-20/h4-7,10-13,20-21,23H,1-3,8-9,14-15H2/t21-,23-/m1/s1. The molecule has 128 valence electrons. The zero-order valence-corrected chi connectivity index (χ0v) is 14.7. The molecule has 0 saturated heterocycles. The van der Waals surface area contributed by atoms with Crippen LogP contribution in [0.25, 0.3) is 11.1 Å². The van der Waals surface area contributed by atoms with Crippen molar-refractivity contribution < 1.29 is 4.74 Å². The van der Waals surface area contributed by atoms with E-state index in [4.69, 9.17) is 10.00 Å². The van der Waals surface area contributed by atoms with Crippen molar-refractivity contribution in [3.63, 3.8) is 0 Å². The number of rotatable bonds is 8. The third-order valence-corrected chi connectivity index (χ3v) is 5.64. The van der Waals surface area contributed by atoms with Crippen LogP contribution in [0.3, 0.4) is 0 Å². The Bertz CT molecular complexity index is 737. The highest BCUT2D eigenvalue weighted by Crippen LogP contribution is 2.56. The average molecular weight is 331 g/mol. The lowest BCUT2D eigenvalue weighted by molar-refractivity contribution is 0.303. The molecule has 2 saturated carbocycles. The van der Waals surface area contributed by atoms with Crippen LogP contribution in [0.5, 0.6) is 5.75 Å². The van der Waals surface area contributed by atoms with Gasteiger partial charge in [-0.1, -0.05) is 30.7 Å². The molecule has 0 N–H and O–H groups in total. The number of nitriles is 1. The minimum atomic E-state index is 0.693. The highest BCUT2D eigenvalue weighted by atomic mass is 16.5. The monoisotopic (exact) mass is 331 g/mol. The van der Waals surface area contributed by atoms with Crippen LogP contribution >= 0.6 is 0 Å². The summed E-state index contributed by atoms with van der Waals surface area (Å²) in [6.07, 6.45) is 8.37. The molecular formula is C23H25NO. The molecule has 4 rings (SSSR count). The molecule has 2 aliphatic rings. The fourth-order valence-corrected chi connectivity index (χ4v) is 3.88. The van der Waals surface area contributed by atoms with Gasteiger partial charge in [-0.15, -0.1) is 0 Å². The zero-order chi connectivity index (χ0) is 17.1. The van der Waals surface area contributed by atoms with Gasteiger partial charge in [-0.2, -0.15) is 5.26 Å². The lowest BCUT2D eigenvalue weighted by Gasteiger charge is -2.08. The van der Waals surface area contributed by atoms with E-state index < -0.39 is 0 Å². The number of unbranched alkanes of at least 4 members (excludes halogenated alkanes) is 1. The molecule has 2 aromatic carbocycles. The molecule has 0 radical (unpaired) electrons. The first kappa shape index (κ1) is 16.2. The average Bonchev–Trinajstić information content (AvgIpc) is 3.55. The van der Waals surface area contributed by atoms with E-state index in [2.05, 4.69) is 18.2 Å². The van der Waals surface area contributed by atoms with Crippen molar-refractivity contribution in [3.8, 4) is 22.9 Å². The van der Waals surface area contributed by atoms with Gasteiger partial charge >= 0.3 is 0 Å². The minimum Gasteiger partial charge on any atom is -0.494 e. The van der Waals surface area contributed by atoms with Crippen LogP contribution in [-0.2, 0) is 0 Å². The first-order chi connectivity index (χ1) is 12.3. The highest BCUT2D eigenvalue weighted by Gasteiger charge is 2.46. The van der Waals surface area contributed by atoms with Crippen LogP contribution in [0.1, 0.15) is 44.1 Å². The third kappa shape index (κ3) is 4.23. The Morgan fingerprint density at radius 3 is 2.24 bits per heavy atom. The predicted octanol–water partition coefficient (Wildman–Crippen LogP) is 5.82. The Labute approximate surface area is 150 Å². The first-order valence-corrected chi connectivity index (χ1v) is 9.57. The van der Waals surface area contributed by atoms with Crippen molar-refractivity contribution in [3.05, 3.63) is 54.1 Å². The summed E-state index contributed by atoms with van der Waals surface area (Å²) < 4.78 is 5.88. The Kier molecular flexibility index (Phi) is 4.74. The summed E-state index contributed by atoms with van der Waals surface area (Å²) in [7, 11) is 0. The van der Waals surface area contributed by atoms with E-state index in [1.165, 1.54) is 32.1 Å². The van der Waals surface area contributed by atoms with E-state index in [1.807, 2.05) is 36.4 Å². The molecule has 0 aromatic heterocycles. The second-order valence-corrected chi connectivity index (χ2v) is 7.55.